The highest BCUT2D eigenvalue weighted by Crippen LogP contribution is 2.38. The average molecular weight is 616 g/mol. The number of carbonyl (C=O) groups is 3. The monoisotopic (exact) mass is 615 g/mol. The van der Waals surface area contributed by atoms with Gasteiger partial charge in [-0.15, -0.1) is 11.3 Å². The van der Waals surface area contributed by atoms with E-state index in [2.05, 4.69) is 10.4 Å². The van der Waals surface area contributed by atoms with Crippen LogP contribution in [0.5, 0.6) is 0 Å². The van der Waals surface area contributed by atoms with Gasteiger partial charge in [-0.3, -0.25) is 9.59 Å². The minimum atomic E-state index is -3.69. The number of anilines is 1. The number of rotatable bonds is 10. The van der Waals surface area contributed by atoms with Gasteiger partial charge in [-0.25, -0.2) is 17.9 Å². The maximum absolute atomic E-state index is 13.8. The van der Waals surface area contributed by atoms with Gasteiger partial charge in [-0.05, 0) is 69.5 Å². The molecule has 11 nitrogen and oxygen atoms in total. The van der Waals surface area contributed by atoms with Crippen LogP contribution < -0.4 is 5.32 Å². The summed E-state index contributed by atoms with van der Waals surface area (Å²) in [6.45, 7) is 10.8. The number of amides is 2. The first kappa shape index (κ1) is 31.4. The lowest BCUT2D eigenvalue weighted by Crippen LogP contribution is -2.36. The maximum atomic E-state index is 13.8. The molecule has 0 atom stereocenters. The second kappa shape index (κ2) is 13.2. The van der Waals surface area contributed by atoms with Crippen molar-refractivity contribution in [3.8, 4) is 0 Å². The summed E-state index contributed by atoms with van der Waals surface area (Å²) in [5.74, 6) is -0.855. The molecular weight excluding hydrogens is 578 g/mol. The molecule has 2 amide bonds. The van der Waals surface area contributed by atoms with Gasteiger partial charge < -0.3 is 15.0 Å². The third-order valence-corrected chi connectivity index (χ3v) is 10.2. The van der Waals surface area contributed by atoms with E-state index in [0.29, 0.717) is 48.0 Å². The van der Waals surface area contributed by atoms with Gasteiger partial charge in [0.1, 0.15) is 5.00 Å². The number of thiophene rings is 1. The zero-order valence-corrected chi connectivity index (χ0v) is 26.2. The van der Waals surface area contributed by atoms with E-state index in [1.807, 2.05) is 6.92 Å². The molecule has 1 aliphatic heterocycles. The van der Waals surface area contributed by atoms with Crippen LogP contribution in [0.15, 0.2) is 35.2 Å². The second-order valence-electron chi connectivity index (χ2n) is 10.1. The summed E-state index contributed by atoms with van der Waals surface area (Å²) in [5.41, 5.74) is 2.70. The van der Waals surface area contributed by atoms with E-state index in [1.54, 1.807) is 38.7 Å². The Morgan fingerprint density at radius 3 is 2.43 bits per heavy atom. The van der Waals surface area contributed by atoms with Crippen molar-refractivity contribution in [2.75, 3.05) is 31.6 Å². The standard InChI is InChI=1S/C29H37N5O6S2/c1-6-9-15-33(7-2)42(38,39)22-12-10-21(11-13-22)26(35)30-27-25(28(36)34-20(5)17-19(4)31-34)23-14-16-32(18-24(23)41-27)29(37)40-8-3/h10-13,17H,6-9,14-16,18H2,1-5H3,(H,30,35). The number of aryl methyl sites for hydroxylation is 2. The van der Waals surface area contributed by atoms with Crippen LogP contribution in [0, 0.1) is 13.8 Å². The van der Waals surface area contributed by atoms with Gasteiger partial charge in [0.15, 0.2) is 0 Å². The highest BCUT2D eigenvalue weighted by Gasteiger charge is 2.32. The molecule has 4 rings (SSSR count). The van der Waals surface area contributed by atoms with Crippen molar-refractivity contribution in [3.05, 3.63) is 63.3 Å². The van der Waals surface area contributed by atoms with Crippen molar-refractivity contribution >= 4 is 44.3 Å². The van der Waals surface area contributed by atoms with Crippen molar-refractivity contribution in [1.29, 1.82) is 0 Å². The van der Waals surface area contributed by atoms with E-state index in [9.17, 15) is 22.8 Å². The van der Waals surface area contributed by atoms with Crippen molar-refractivity contribution in [2.24, 2.45) is 0 Å². The number of sulfonamides is 1. The van der Waals surface area contributed by atoms with Crippen LogP contribution in [0.2, 0.25) is 0 Å². The molecule has 0 radical (unpaired) electrons. The van der Waals surface area contributed by atoms with Crippen LogP contribution in [0.3, 0.4) is 0 Å². The lowest BCUT2D eigenvalue weighted by Gasteiger charge is -2.26. The first-order valence-corrected chi connectivity index (χ1v) is 16.3. The molecule has 0 saturated heterocycles. The fourth-order valence-electron chi connectivity index (χ4n) is 4.91. The van der Waals surface area contributed by atoms with Crippen LogP contribution in [0.1, 0.15) is 76.2 Å². The molecule has 226 valence electrons. The van der Waals surface area contributed by atoms with Crippen molar-refractivity contribution in [1.82, 2.24) is 19.0 Å². The van der Waals surface area contributed by atoms with Gasteiger partial charge in [0.25, 0.3) is 11.8 Å². The number of fused-ring (bicyclic) bond motifs is 1. The Balaban J connectivity index is 1.64. The predicted octanol–water partition coefficient (Wildman–Crippen LogP) is 4.83. The molecule has 1 aliphatic rings. The molecule has 0 unspecified atom stereocenters. The Hall–Kier alpha value is -3.55. The molecule has 1 aromatic carbocycles. The van der Waals surface area contributed by atoms with Gasteiger partial charge >= 0.3 is 6.09 Å². The lowest BCUT2D eigenvalue weighted by atomic mass is 10.0. The largest absolute Gasteiger partial charge is 0.450 e. The molecule has 3 aromatic rings. The average Bonchev–Trinajstić information content (AvgIpc) is 3.50. The topological polar surface area (TPSA) is 131 Å². The number of nitrogens with one attached hydrogen (secondary N) is 1. The molecule has 0 bridgehead atoms. The molecule has 2 aromatic heterocycles. The zero-order valence-electron chi connectivity index (χ0n) is 24.6. The zero-order chi connectivity index (χ0) is 30.6. The third kappa shape index (κ3) is 6.42. The van der Waals surface area contributed by atoms with Gasteiger partial charge in [-0.2, -0.15) is 9.40 Å². The molecule has 42 heavy (non-hydrogen) atoms. The molecule has 0 spiro atoms. The molecule has 3 heterocycles. The van der Waals surface area contributed by atoms with Gasteiger partial charge in [-0.1, -0.05) is 20.3 Å². The van der Waals surface area contributed by atoms with Crippen molar-refractivity contribution < 1.29 is 27.5 Å². The van der Waals surface area contributed by atoms with Crippen LogP contribution in [0.4, 0.5) is 9.80 Å². The summed E-state index contributed by atoms with van der Waals surface area (Å²) < 4.78 is 34.1. The second-order valence-corrected chi connectivity index (χ2v) is 13.1. The molecule has 0 aliphatic carbocycles. The van der Waals surface area contributed by atoms with Gasteiger partial charge in [0.2, 0.25) is 10.0 Å². The number of nitrogens with zero attached hydrogens (tertiary/aromatic N) is 4. The predicted molar refractivity (Wildman–Crippen MR) is 161 cm³/mol. The Bertz CT molecular complexity index is 1580. The van der Waals surface area contributed by atoms with Gasteiger partial charge in [0, 0.05) is 35.8 Å². The Labute approximate surface area is 250 Å². The minimum absolute atomic E-state index is 0.114. The van der Waals surface area contributed by atoms with Crippen LogP contribution in [0.25, 0.3) is 0 Å². The highest BCUT2D eigenvalue weighted by atomic mass is 32.2. The van der Waals surface area contributed by atoms with Crippen molar-refractivity contribution in [2.45, 2.75) is 65.3 Å². The summed E-state index contributed by atoms with van der Waals surface area (Å²) in [4.78, 5) is 42.0. The van der Waals surface area contributed by atoms with E-state index in [0.717, 1.165) is 23.3 Å². The number of hydrogen-bond acceptors (Lipinski definition) is 8. The van der Waals surface area contributed by atoms with Crippen LogP contribution >= 0.6 is 11.3 Å². The summed E-state index contributed by atoms with van der Waals surface area (Å²) in [6.07, 6.45) is 1.62. The first-order chi connectivity index (χ1) is 20.0. The molecule has 13 heteroatoms. The van der Waals surface area contributed by atoms with Gasteiger partial charge in [0.05, 0.1) is 29.3 Å². The fraction of sp³-hybridized carbons (Fsp3) is 0.448. The summed E-state index contributed by atoms with van der Waals surface area (Å²) in [5, 5.41) is 7.57. The minimum Gasteiger partial charge on any atom is -0.450 e. The van der Waals surface area contributed by atoms with E-state index >= 15 is 0 Å². The molecule has 0 saturated carbocycles. The smallest absolute Gasteiger partial charge is 0.410 e. The number of ether oxygens (including phenoxy) is 1. The van der Waals surface area contributed by atoms with Crippen LogP contribution in [-0.4, -0.2) is 71.6 Å². The van der Waals surface area contributed by atoms with E-state index < -0.39 is 22.0 Å². The summed E-state index contributed by atoms with van der Waals surface area (Å²) in [6, 6.07) is 7.59. The van der Waals surface area contributed by atoms with E-state index in [1.165, 1.54) is 44.6 Å². The number of carbonyl (C=O) groups excluding carboxylic acids is 3. The van der Waals surface area contributed by atoms with E-state index in [4.69, 9.17) is 4.74 Å². The Morgan fingerprint density at radius 1 is 1.12 bits per heavy atom. The number of aromatic nitrogens is 2. The SMILES string of the molecule is CCCCN(CC)S(=O)(=O)c1ccc(C(=O)Nc2sc3c(c2C(=O)n2nc(C)cc2C)CCN(C(=O)OCC)C3)cc1. The Morgan fingerprint density at radius 2 is 1.83 bits per heavy atom. The third-order valence-electron chi connectivity index (χ3n) is 7.09. The Kier molecular flexibility index (Phi) is 9.85. The fourth-order valence-corrected chi connectivity index (χ4v) is 7.65. The molecule has 0 fully saturated rings. The summed E-state index contributed by atoms with van der Waals surface area (Å²) in [7, 11) is -3.69. The lowest BCUT2D eigenvalue weighted by molar-refractivity contribution is 0.0941. The summed E-state index contributed by atoms with van der Waals surface area (Å²) >= 11 is 1.24. The van der Waals surface area contributed by atoms with Crippen LogP contribution in [-0.2, 0) is 27.7 Å². The van der Waals surface area contributed by atoms with Crippen molar-refractivity contribution in [3.63, 3.8) is 0 Å². The maximum Gasteiger partial charge on any atom is 0.410 e. The highest BCUT2D eigenvalue weighted by molar-refractivity contribution is 7.89. The molecular formula is C29H37N5O6S2. The first-order valence-electron chi connectivity index (χ1n) is 14.1. The number of benzene rings is 1. The quantitative estimate of drug-likeness (QED) is 0.346. The number of hydrogen-bond donors (Lipinski definition) is 1. The van der Waals surface area contributed by atoms with E-state index in [-0.39, 0.29) is 29.5 Å². The normalized spacial score (nSPS) is 13.2. The molecule has 1 N–H and O–H groups in total. The number of unbranched alkanes of at least 4 members (excludes halogenated alkanes) is 1.